The number of carboxylic acid groups (broad SMARTS) is 1. The molecule has 1 aliphatic rings. The number of carbonyl (C=O) groups excluding carboxylic acids is 3. The largest absolute Gasteiger partial charge is 0.478 e. The van der Waals surface area contributed by atoms with Crippen LogP contribution in [-0.4, -0.2) is 48.6 Å². The molecule has 1 aliphatic carbocycles. The Hall–Kier alpha value is -5.20. The van der Waals surface area contributed by atoms with Crippen LogP contribution in [0.5, 0.6) is 0 Å². The van der Waals surface area contributed by atoms with Gasteiger partial charge in [-0.15, -0.1) is 5.10 Å². The minimum Gasteiger partial charge on any atom is -0.478 e. The van der Waals surface area contributed by atoms with E-state index < -0.39 is 29.7 Å². The number of carboxylic acids is 1. The standard InChI is InChI=1S/C27H24FN7O5/c1-12-9-14(3-7-18(12)28)11-30-25(37)20-10-21(35-24(31-20)22(23(29)36)33-34-35)26(38)32-19-8-6-15-13(2)16(27(39)40)4-5-17(15)19/h3-5,7,9-10,19H,6,8,11H2,1-2H3,(H2,29,36)(H,30,37)(H,32,38)(H,39,40)/t19-/m0/s1. The number of aromatic carboxylic acids is 1. The van der Waals surface area contributed by atoms with Gasteiger partial charge in [0, 0.05) is 12.6 Å². The van der Waals surface area contributed by atoms with E-state index in [-0.39, 0.29) is 40.7 Å². The lowest BCUT2D eigenvalue weighted by atomic mass is 9.98. The predicted molar refractivity (Wildman–Crippen MR) is 138 cm³/mol. The summed E-state index contributed by atoms with van der Waals surface area (Å²) in [6.45, 7) is 3.40. The Morgan fingerprint density at radius 3 is 2.60 bits per heavy atom. The second kappa shape index (κ2) is 10.2. The number of carbonyl (C=O) groups is 4. The minimum atomic E-state index is -1.02. The summed E-state index contributed by atoms with van der Waals surface area (Å²) in [7, 11) is 0. The van der Waals surface area contributed by atoms with Gasteiger partial charge in [-0.1, -0.05) is 23.4 Å². The Morgan fingerprint density at radius 2 is 1.90 bits per heavy atom. The Labute approximate surface area is 226 Å². The number of hydrogen-bond donors (Lipinski definition) is 4. The average molecular weight is 546 g/mol. The molecule has 5 rings (SSSR count). The molecule has 4 aromatic rings. The molecule has 0 unspecified atom stereocenters. The van der Waals surface area contributed by atoms with Crippen LogP contribution in [0, 0.1) is 19.7 Å². The van der Waals surface area contributed by atoms with Gasteiger partial charge in [-0.25, -0.2) is 14.2 Å². The van der Waals surface area contributed by atoms with Gasteiger partial charge in [-0.2, -0.15) is 4.52 Å². The molecule has 5 N–H and O–H groups in total. The molecular formula is C27H24FN7O5. The van der Waals surface area contributed by atoms with Crippen molar-refractivity contribution in [1.82, 2.24) is 30.4 Å². The van der Waals surface area contributed by atoms with E-state index in [0.29, 0.717) is 29.5 Å². The van der Waals surface area contributed by atoms with E-state index in [2.05, 4.69) is 25.9 Å². The van der Waals surface area contributed by atoms with E-state index in [1.54, 1.807) is 26.0 Å². The highest BCUT2D eigenvalue weighted by atomic mass is 19.1. The van der Waals surface area contributed by atoms with Crippen LogP contribution in [0.4, 0.5) is 4.39 Å². The summed E-state index contributed by atoms with van der Waals surface area (Å²) >= 11 is 0. The van der Waals surface area contributed by atoms with Crippen molar-refractivity contribution in [3.05, 3.63) is 92.7 Å². The number of benzene rings is 2. The van der Waals surface area contributed by atoms with Gasteiger partial charge in [-0.05, 0) is 66.6 Å². The Bertz CT molecular complexity index is 1730. The normalized spacial score (nSPS) is 14.1. The zero-order valence-electron chi connectivity index (χ0n) is 21.5. The zero-order chi connectivity index (χ0) is 28.7. The first-order valence-electron chi connectivity index (χ1n) is 12.3. The first-order chi connectivity index (χ1) is 19.0. The van der Waals surface area contributed by atoms with E-state index >= 15 is 0 Å². The highest BCUT2D eigenvalue weighted by Crippen LogP contribution is 2.35. The van der Waals surface area contributed by atoms with Crippen molar-refractivity contribution in [3.8, 4) is 0 Å². The van der Waals surface area contributed by atoms with E-state index in [0.717, 1.165) is 15.6 Å². The van der Waals surface area contributed by atoms with E-state index in [4.69, 9.17) is 5.73 Å². The monoisotopic (exact) mass is 545 g/mol. The molecule has 0 saturated heterocycles. The second-order valence-electron chi connectivity index (χ2n) is 9.51. The molecule has 3 amide bonds. The fourth-order valence-electron chi connectivity index (χ4n) is 4.90. The van der Waals surface area contributed by atoms with Gasteiger partial charge in [0.05, 0.1) is 11.6 Å². The SMILES string of the molecule is Cc1cc(CNC(=O)c2cc(C(=O)N[C@H]3CCc4c3ccc(C(=O)O)c4C)n3nnc(C(N)=O)c3n2)ccc1F. The summed E-state index contributed by atoms with van der Waals surface area (Å²) < 4.78 is 14.6. The van der Waals surface area contributed by atoms with Crippen LogP contribution < -0.4 is 16.4 Å². The summed E-state index contributed by atoms with van der Waals surface area (Å²) in [4.78, 5) is 54.1. The zero-order valence-corrected chi connectivity index (χ0v) is 21.5. The molecule has 12 nitrogen and oxygen atoms in total. The van der Waals surface area contributed by atoms with E-state index in [1.807, 2.05) is 0 Å². The summed E-state index contributed by atoms with van der Waals surface area (Å²) in [5.41, 5.74) is 8.19. The summed E-state index contributed by atoms with van der Waals surface area (Å²) in [5.74, 6) is -3.61. The van der Waals surface area contributed by atoms with Gasteiger partial charge in [0.1, 0.15) is 17.2 Å². The molecule has 2 aromatic carbocycles. The summed E-state index contributed by atoms with van der Waals surface area (Å²) in [6, 6.07) is 8.41. The van der Waals surface area contributed by atoms with Crippen molar-refractivity contribution in [2.24, 2.45) is 5.73 Å². The number of amides is 3. The van der Waals surface area contributed by atoms with Crippen LogP contribution in [0.3, 0.4) is 0 Å². The van der Waals surface area contributed by atoms with Crippen molar-refractivity contribution in [2.75, 3.05) is 0 Å². The van der Waals surface area contributed by atoms with Gasteiger partial charge in [-0.3, -0.25) is 14.4 Å². The van der Waals surface area contributed by atoms with Gasteiger partial charge in [0.25, 0.3) is 17.7 Å². The fraction of sp³-hybridized carbons (Fsp3) is 0.222. The van der Waals surface area contributed by atoms with Crippen LogP contribution in [0.1, 0.15) is 82.1 Å². The molecule has 0 spiro atoms. The molecule has 0 fully saturated rings. The quantitative estimate of drug-likeness (QED) is 0.272. The molecule has 13 heteroatoms. The molecule has 0 radical (unpaired) electrons. The van der Waals surface area contributed by atoms with Crippen molar-refractivity contribution in [3.63, 3.8) is 0 Å². The van der Waals surface area contributed by atoms with Crippen molar-refractivity contribution in [2.45, 2.75) is 39.3 Å². The maximum atomic E-state index is 13.6. The lowest BCUT2D eigenvalue weighted by Crippen LogP contribution is -2.31. The molecule has 0 aliphatic heterocycles. The molecule has 2 heterocycles. The first-order valence-corrected chi connectivity index (χ1v) is 12.3. The molecule has 0 saturated carbocycles. The lowest BCUT2D eigenvalue weighted by molar-refractivity contribution is 0.0695. The molecule has 2 aromatic heterocycles. The number of primary amides is 1. The van der Waals surface area contributed by atoms with Gasteiger partial charge < -0.3 is 21.5 Å². The van der Waals surface area contributed by atoms with Crippen LogP contribution in [-0.2, 0) is 13.0 Å². The third kappa shape index (κ3) is 4.72. The first kappa shape index (κ1) is 26.4. The van der Waals surface area contributed by atoms with E-state index in [1.165, 1.54) is 24.3 Å². The van der Waals surface area contributed by atoms with Gasteiger partial charge in [0.15, 0.2) is 11.3 Å². The number of hydrogen-bond acceptors (Lipinski definition) is 7. The number of fused-ring (bicyclic) bond motifs is 2. The maximum absolute atomic E-state index is 13.6. The van der Waals surface area contributed by atoms with Crippen molar-refractivity contribution in [1.29, 1.82) is 0 Å². The van der Waals surface area contributed by atoms with Gasteiger partial charge >= 0.3 is 5.97 Å². The highest BCUT2D eigenvalue weighted by molar-refractivity contribution is 6.01. The highest BCUT2D eigenvalue weighted by Gasteiger charge is 2.29. The Kier molecular flexibility index (Phi) is 6.71. The van der Waals surface area contributed by atoms with Crippen molar-refractivity contribution < 1.29 is 28.7 Å². The Balaban J connectivity index is 1.45. The maximum Gasteiger partial charge on any atom is 0.335 e. The molecule has 0 bridgehead atoms. The van der Waals surface area contributed by atoms with Crippen LogP contribution in [0.2, 0.25) is 0 Å². The number of nitrogens with one attached hydrogen (secondary N) is 2. The second-order valence-corrected chi connectivity index (χ2v) is 9.51. The third-order valence-corrected chi connectivity index (χ3v) is 6.98. The lowest BCUT2D eigenvalue weighted by Gasteiger charge is -2.16. The smallest absolute Gasteiger partial charge is 0.335 e. The van der Waals surface area contributed by atoms with Crippen LogP contribution >= 0.6 is 0 Å². The third-order valence-electron chi connectivity index (χ3n) is 6.98. The summed E-state index contributed by atoms with van der Waals surface area (Å²) in [5, 5.41) is 22.6. The van der Waals surface area contributed by atoms with Gasteiger partial charge in [0.2, 0.25) is 0 Å². The summed E-state index contributed by atoms with van der Waals surface area (Å²) in [6.07, 6.45) is 1.11. The Morgan fingerprint density at radius 1 is 1.12 bits per heavy atom. The van der Waals surface area contributed by atoms with Crippen LogP contribution in [0.15, 0.2) is 36.4 Å². The number of aryl methyl sites for hydroxylation is 1. The topological polar surface area (TPSA) is 182 Å². The number of halogens is 1. The number of aromatic nitrogens is 4. The van der Waals surface area contributed by atoms with Crippen molar-refractivity contribution >= 4 is 29.3 Å². The predicted octanol–water partition coefficient (Wildman–Crippen LogP) is 2.02. The molecular weight excluding hydrogens is 521 g/mol. The fourth-order valence-corrected chi connectivity index (χ4v) is 4.90. The van der Waals surface area contributed by atoms with E-state index in [9.17, 15) is 28.7 Å². The number of rotatable bonds is 7. The number of nitrogens with zero attached hydrogens (tertiary/aromatic N) is 4. The van der Waals surface area contributed by atoms with Crippen LogP contribution in [0.25, 0.3) is 5.65 Å². The molecule has 40 heavy (non-hydrogen) atoms. The molecule has 204 valence electrons. The number of nitrogens with two attached hydrogens (primary N) is 1. The molecule has 1 atom stereocenters. The minimum absolute atomic E-state index is 0.0606. The average Bonchev–Trinajstić information content (AvgIpc) is 3.53.